The lowest BCUT2D eigenvalue weighted by atomic mass is 9.74. The van der Waals surface area contributed by atoms with Crippen molar-refractivity contribution in [1.29, 1.82) is 0 Å². The van der Waals surface area contributed by atoms with Gasteiger partial charge in [0.05, 0.1) is 18.7 Å². The highest BCUT2D eigenvalue weighted by molar-refractivity contribution is 5.81. The molecule has 2 aliphatic rings. The van der Waals surface area contributed by atoms with E-state index in [1.807, 2.05) is 38.1 Å². The lowest BCUT2D eigenvalue weighted by Gasteiger charge is -2.55. The number of likely N-dealkylation sites (tertiary alicyclic amines) is 1. The first-order valence-electron chi connectivity index (χ1n) is 9.53. The smallest absolute Gasteiger partial charge is 0.223 e. The molecule has 5 heteroatoms. The Morgan fingerprint density at radius 1 is 1.23 bits per heavy atom. The van der Waals surface area contributed by atoms with Crippen LogP contribution in [0.1, 0.15) is 50.2 Å². The first kappa shape index (κ1) is 18.6. The molecule has 26 heavy (non-hydrogen) atoms. The van der Waals surface area contributed by atoms with Crippen LogP contribution in [0.3, 0.4) is 0 Å². The maximum Gasteiger partial charge on any atom is 0.223 e. The molecule has 3 rings (SSSR count). The quantitative estimate of drug-likeness (QED) is 0.788. The molecule has 0 spiro atoms. The maximum absolute atomic E-state index is 12.4. The SMILES string of the molecule is C/C=C/c1ccc([C@H]2[C@H](CO)N(C(=O)CC)[C@H]2CNC(=O)C2CC2)cc1. The van der Waals surface area contributed by atoms with Crippen molar-refractivity contribution >= 4 is 17.9 Å². The average molecular weight is 356 g/mol. The van der Waals surface area contributed by atoms with Crippen LogP contribution >= 0.6 is 0 Å². The number of amides is 2. The second kappa shape index (κ2) is 8.04. The first-order valence-corrected chi connectivity index (χ1v) is 9.53. The monoisotopic (exact) mass is 356 g/mol. The lowest BCUT2D eigenvalue weighted by molar-refractivity contribution is -0.150. The highest BCUT2D eigenvalue weighted by Gasteiger charge is 2.50. The van der Waals surface area contributed by atoms with Crippen LogP contribution in [0.4, 0.5) is 0 Å². The Bertz CT molecular complexity index is 679. The number of benzene rings is 1. The molecule has 1 aromatic rings. The summed E-state index contributed by atoms with van der Waals surface area (Å²) in [6.07, 6.45) is 6.35. The van der Waals surface area contributed by atoms with Crippen molar-refractivity contribution in [2.75, 3.05) is 13.2 Å². The van der Waals surface area contributed by atoms with Gasteiger partial charge in [0.2, 0.25) is 11.8 Å². The molecular formula is C21H28N2O3. The van der Waals surface area contributed by atoms with Gasteiger partial charge < -0.3 is 15.3 Å². The van der Waals surface area contributed by atoms with Crippen LogP contribution in [0.25, 0.3) is 6.08 Å². The summed E-state index contributed by atoms with van der Waals surface area (Å²) >= 11 is 0. The van der Waals surface area contributed by atoms with Gasteiger partial charge in [0.1, 0.15) is 0 Å². The van der Waals surface area contributed by atoms with Crippen molar-refractivity contribution in [1.82, 2.24) is 10.2 Å². The second-order valence-electron chi connectivity index (χ2n) is 7.18. The number of allylic oxidation sites excluding steroid dienone is 1. The Hall–Kier alpha value is -2.14. The summed E-state index contributed by atoms with van der Waals surface area (Å²) in [6.45, 7) is 4.18. The van der Waals surface area contributed by atoms with Crippen LogP contribution < -0.4 is 5.32 Å². The lowest BCUT2D eigenvalue weighted by Crippen LogP contribution is -2.68. The van der Waals surface area contributed by atoms with Crippen molar-refractivity contribution in [3.8, 4) is 0 Å². The Balaban J connectivity index is 1.78. The van der Waals surface area contributed by atoms with Gasteiger partial charge in [-0.05, 0) is 30.9 Å². The molecule has 2 fully saturated rings. The van der Waals surface area contributed by atoms with Gasteiger partial charge in [-0.15, -0.1) is 0 Å². The summed E-state index contributed by atoms with van der Waals surface area (Å²) in [5.41, 5.74) is 2.22. The van der Waals surface area contributed by atoms with Gasteiger partial charge in [-0.2, -0.15) is 0 Å². The van der Waals surface area contributed by atoms with Gasteiger partial charge in [0, 0.05) is 24.8 Å². The molecule has 1 saturated heterocycles. The van der Waals surface area contributed by atoms with Gasteiger partial charge in [-0.3, -0.25) is 9.59 Å². The molecule has 3 atom stereocenters. The van der Waals surface area contributed by atoms with Gasteiger partial charge in [0.15, 0.2) is 0 Å². The van der Waals surface area contributed by atoms with E-state index in [-0.39, 0.29) is 42.3 Å². The van der Waals surface area contributed by atoms with E-state index >= 15 is 0 Å². The molecule has 1 aliphatic carbocycles. The molecular weight excluding hydrogens is 328 g/mol. The summed E-state index contributed by atoms with van der Waals surface area (Å²) in [5.74, 6) is 0.298. The fourth-order valence-corrected chi connectivity index (χ4v) is 3.89. The summed E-state index contributed by atoms with van der Waals surface area (Å²) in [4.78, 5) is 26.2. The third-order valence-corrected chi connectivity index (χ3v) is 5.44. The number of rotatable bonds is 7. The van der Waals surface area contributed by atoms with Crippen molar-refractivity contribution in [3.05, 3.63) is 41.5 Å². The molecule has 1 aliphatic heterocycles. The van der Waals surface area contributed by atoms with E-state index in [1.165, 1.54) is 0 Å². The van der Waals surface area contributed by atoms with Crippen LogP contribution in [-0.2, 0) is 9.59 Å². The normalized spacial score (nSPS) is 25.2. The Morgan fingerprint density at radius 3 is 2.46 bits per heavy atom. The molecule has 0 unspecified atom stereocenters. The second-order valence-corrected chi connectivity index (χ2v) is 7.18. The van der Waals surface area contributed by atoms with Gasteiger partial charge in [0.25, 0.3) is 0 Å². The van der Waals surface area contributed by atoms with Crippen LogP contribution in [0.2, 0.25) is 0 Å². The Morgan fingerprint density at radius 2 is 1.92 bits per heavy atom. The fraction of sp³-hybridized carbons (Fsp3) is 0.524. The van der Waals surface area contributed by atoms with Crippen molar-refractivity contribution in [2.24, 2.45) is 5.92 Å². The Labute approximate surface area is 155 Å². The van der Waals surface area contributed by atoms with Crippen LogP contribution in [0.15, 0.2) is 30.3 Å². The zero-order valence-corrected chi connectivity index (χ0v) is 15.5. The molecule has 1 aromatic carbocycles. The third kappa shape index (κ3) is 3.68. The maximum atomic E-state index is 12.4. The van der Waals surface area contributed by atoms with Crippen molar-refractivity contribution in [2.45, 2.75) is 51.1 Å². The predicted octanol–water partition coefficient (Wildman–Crippen LogP) is 2.31. The zero-order chi connectivity index (χ0) is 18.7. The van der Waals surface area contributed by atoms with E-state index in [2.05, 4.69) is 17.4 Å². The minimum absolute atomic E-state index is 0.0245. The van der Waals surface area contributed by atoms with E-state index in [9.17, 15) is 14.7 Å². The summed E-state index contributed by atoms with van der Waals surface area (Å²) in [6, 6.07) is 7.90. The molecule has 5 nitrogen and oxygen atoms in total. The number of carbonyl (C=O) groups is 2. The highest BCUT2D eigenvalue weighted by atomic mass is 16.3. The molecule has 2 amide bonds. The number of carbonyl (C=O) groups excluding carboxylic acids is 2. The third-order valence-electron chi connectivity index (χ3n) is 5.44. The molecule has 0 bridgehead atoms. The fourth-order valence-electron chi connectivity index (χ4n) is 3.89. The predicted molar refractivity (Wildman–Crippen MR) is 101 cm³/mol. The van der Waals surface area contributed by atoms with Gasteiger partial charge in [-0.1, -0.05) is 43.3 Å². The van der Waals surface area contributed by atoms with Gasteiger partial charge >= 0.3 is 0 Å². The minimum atomic E-state index is -0.224. The van der Waals surface area contributed by atoms with Crippen LogP contribution in [0.5, 0.6) is 0 Å². The van der Waals surface area contributed by atoms with E-state index < -0.39 is 0 Å². The van der Waals surface area contributed by atoms with E-state index in [0.29, 0.717) is 13.0 Å². The van der Waals surface area contributed by atoms with E-state index in [0.717, 1.165) is 24.0 Å². The standard InChI is InChI=1S/C21H28N2O3/c1-3-5-14-6-8-15(9-7-14)20-17(12-22-21(26)16-10-11-16)23(18(20)13-24)19(25)4-2/h3,5-9,16-18,20,24H,4,10-13H2,1-2H3,(H,22,26)/b5-3+/t17-,18-,20+/m0/s1. The molecule has 0 aromatic heterocycles. The molecule has 1 saturated carbocycles. The van der Waals surface area contributed by atoms with Gasteiger partial charge in [-0.25, -0.2) is 0 Å². The summed E-state index contributed by atoms with van der Waals surface area (Å²) in [7, 11) is 0. The number of nitrogens with zero attached hydrogens (tertiary/aromatic N) is 1. The van der Waals surface area contributed by atoms with Crippen molar-refractivity contribution in [3.63, 3.8) is 0 Å². The van der Waals surface area contributed by atoms with Crippen LogP contribution in [0, 0.1) is 5.92 Å². The molecule has 2 N–H and O–H groups in total. The topological polar surface area (TPSA) is 69.6 Å². The summed E-state index contributed by atoms with van der Waals surface area (Å²) in [5, 5.41) is 12.9. The number of aliphatic hydroxyl groups is 1. The van der Waals surface area contributed by atoms with E-state index in [1.54, 1.807) is 4.90 Å². The van der Waals surface area contributed by atoms with Crippen molar-refractivity contribution < 1.29 is 14.7 Å². The number of aliphatic hydroxyl groups excluding tert-OH is 1. The molecule has 1 heterocycles. The Kier molecular flexibility index (Phi) is 5.77. The van der Waals surface area contributed by atoms with Crippen LogP contribution in [-0.4, -0.2) is 47.1 Å². The zero-order valence-electron chi connectivity index (χ0n) is 15.5. The highest BCUT2D eigenvalue weighted by Crippen LogP contribution is 2.41. The first-order chi connectivity index (χ1) is 12.6. The van der Waals surface area contributed by atoms with E-state index in [4.69, 9.17) is 0 Å². The number of nitrogens with one attached hydrogen (secondary N) is 1. The summed E-state index contributed by atoms with van der Waals surface area (Å²) < 4.78 is 0. The number of hydrogen-bond acceptors (Lipinski definition) is 3. The largest absolute Gasteiger partial charge is 0.394 e. The number of hydrogen-bond donors (Lipinski definition) is 2. The minimum Gasteiger partial charge on any atom is -0.394 e. The average Bonchev–Trinajstić information content (AvgIpc) is 3.47. The molecule has 0 radical (unpaired) electrons. The molecule has 140 valence electrons.